The first-order chi connectivity index (χ1) is 11.9. The number of carboxylic acids is 2. The van der Waals surface area contributed by atoms with Crippen LogP contribution in [0, 0.1) is 0 Å². The van der Waals surface area contributed by atoms with Gasteiger partial charge in [-0.2, -0.15) is 0 Å². The van der Waals surface area contributed by atoms with E-state index in [0.29, 0.717) is 13.1 Å². The Morgan fingerprint density at radius 1 is 0.720 bits per heavy atom. The Kier molecular flexibility index (Phi) is 8.87. The summed E-state index contributed by atoms with van der Waals surface area (Å²) in [7, 11) is 0. The minimum atomic E-state index is -1.82. The Hall–Kier alpha value is -2.74. The van der Waals surface area contributed by atoms with Crippen LogP contribution in [0.15, 0.2) is 60.7 Å². The SMILES string of the molecule is O=C(O)C(=O)O.OC(CNCC(O)c1ccccc1)c1ccccc1. The second-order valence-corrected chi connectivity index (χ2v) is 5.12. The molecular formula is C18H21NO6. The van der Waals surface area contributed by atoms with Crippen molar-refractivity contribution in [2.75, 3.05) is 13.1 Å². The fraction of sp³-hybridized carbons (Fsp3) is 0.222. The molecule has 2 unspecified atom stereocenters. The monoisotopic (exact) mass is 347 g/mol. The Bertz CT molecular complexity index is 590. The Morgan fingerprint density at radius 2 is 1.04 bits per heavy atom. The first kappa shape index (κ1) is 20.3. The van der Waals surface area contributed by atoms with Gasteiger partial charge < -0.3 is 25.7 Å². The zero-order valence-corrected chi connectivity index (χ0v) is 13.4. The molecule has 0 aliphatic heterocycles. The van der Waals surface area contributed by atoms with Gasteiger partial charge in [-0.15, -0.1) is 0 Å². The van der Waals surface area contributed by atoms with E-state index in [9.17, 15) is 10.2 Å². The summed E-state index contributed by atoms with van der Waals surface area (Å²) in [6, 6.07) is 19.0. The van der Waals surface area contributed by atoms with E-state index >= 15 is 0 Å². The zero-order valence-electron chi connectivity index (χ0n) is 13.4. The number of aliphatic hydroxyl groups excluding tert-OH is 2. The third kappa shape index (κ3) is 8.07. The van der Waals surface area contributed by atoms with Gasteiger partial charge in [0, 0.05) is 13.1 Å². The van der Waals surface area contributed by atoms with Gasteiger partial charge in [0.25, 0.3) is 0 Å². The Balaban J connectivity index is 0.000000450. The second-order valence-electron chi connectivity index (χ2n) is 5.12. The summed E-state index contributed by atoms with van der Waals surface area (Å²) in [5.41, 5.74) is 1.76. The Morgan fingerprint density at radius 3 is 1.32 bits per heavy atom. The lowest BCUT2D eigenvalue weighted by molar-refractivity contribution is -0.159. The number of aliphatic hydroxyl groups is 2. The number of nitrogens with one attached hydrogen (secondary N) is 1. The number of hydrogen-bond acceptors (Lipinski definition) is 5. The molecule has 0 aromatic heterocycles. The van der Waals surface area contributed by atoms with E-state index in [2.05, 4.69) is 5.32 Å². The lowest BCUT2D eigenvalue weighted by Crippen LogP contribution is -2.26. The molecule has 0 heterocycles. The smallest absolute Gasteiger partial charge is 0.414 e. The average Bonchev–Trinajstić information content (AvgIpc) is 2.63. The molecule has 0 saturated heterocycles. The van der Waals surface area contributed by atoms with Crippen molar-refractivity contribution >= 4 is 11.9 Å². The molecule has 0 fully saturated rings. The maximum Gasteiger partial charge on any atom is 0.414 e. The van der Waals surface area contributed by atoms with E-state index in [4.69, 9.17) is 19.8 Å². The first-order valence-corrected chi connectivity index (χ1v) is 7.54. The minimum Gasteiger partial charge on any atom is -0.473 e. The molecule has 0 aliphatic rings. The number of aliphatic carboxylic acids is 2. The van der Waals surface area contributed by atoms with Crippen LogP contribution in [0.5, 0.6) is 0 Å². The van der Waals surface area contributed by atoms with Crippen molar-refractivity contribution in [3.05, 3.63) is 71.8 Å². The normalized spacial score (nSPS) is 12.4. The lowest BCUT2D eigenvalue weighted by atomic mass is 10.1. The van der Waals surface area contributed by atoms with E-state index in [1.807, 2.05) is 60.7 Å². The Labute approximate surface area is 145 Å². The van der Waals surface area contributed by atoms with Crippen LogP contribution in [-0.4, -0.2) is 45.5 Å². The maximum absolute atomic E-state index is 9.96. The van der Waals surface area contributed by atoms with Crippen molar-refractivity contribution in [1.29, 1.82) is 0 Å². The molecule has 0 amide bonds. The summed E-state index contributed by atoms with van der Waals surface area (Å²) in [5, 5.41) is 37.8. The molecule has 7 nitrogen and oxygen atoms in total. The van der Waals surface area contributed by atoms with Crippen molar-refractivity contribution in [2.45, 2.75) is 12.2 Å². The molecule has 0 saturated carbocycles. The second kappa shape index (κ2) is 10.9. The van der Waals surface area contributed by atoms with E-state index in [-0.39, 0.29) is 0 Å². The van der Waals surface area contributed by atoms with Crippen molar-refractivity contribution < 1.29 is 30.0 Å². The summed E-state index contributed by atoms with van der Waals surface area (Å²) in [5.74, 6) is -3.65. The predicted octanol–water partition coefficient (Wildman–Crippen LogP) is 1.20. The zero-order chi connectivity index (χ0) is 18.7. The van der Waals surface area contributed by atoms with Crippen LogP contribution in [0.3, 0.4) is 0 Å². The molecule has 25 heavy (non-hydrogen) atoms. The highest BCUT2D eigenvalue weighted by atomic mass is 16.4. The van der Waals surface area contributed by atoms with Crippen LogP contribution in [0.4, 0.5) is 0 Å². The summed E-state index contributed by atoms with van der Waals surface area (Å²) < 4.78 is 0. The van der Waals surface area contributed by atoms with Crippen LogP contribution in [0.25, 0.3) is 0 Å². The van der Waals surface area contributed by atoms with Gasteiger partial charge in [-0.1, -0.05) is 60.7 Å². The third-order valence-corrected chi connectivity index (χ3v) is 3.23. The topological polar surface area (TPSA) is 127 Å². The molecule has 7 heteroatoms. The van der Waals surface area contributed by atoms with Gasteiger partial charge >= 0.3 is 11.9 Å². The number of hydrogen-bond donors (Lipinski definition) is 5. The van der Waals surface area contributed by atoms with E-state index < -0.39 is 24.1 Å². The highest BCUT2D eigenvalue weighted by Crippen LogP contribution is 2.13. The highest BCUT2D eigenvalue weighted by Gasteiger charge is 2.09. The summed E-state index contributed by atoms with van der Waals surface area (Å²) >= 11 is 0. The highest BCUT2D eigenvalue weighted by molar-refractivity contribution is 6.27. The van der Waals surface area contributed by atoms with Gasteiger partial charge in [0.05, 0.1) is 12.2 Å². The summed E-state index contributed by atoms with van der Waals surface area (Å²) in [4.78, 5) is 18.2. The molecule has 134 valence electrons. The van der Waals surface area contributed by atoms with E-state index in [1.165, 1.54) is 0 Å². The van der Waals surface area contributed by atoms with Gasteiger partial charge in [0.15, 0.2) is 0 Å². The number of carboxylic acid groups (broad SMARTS) is 2. The number of rotatable bonds is 6. The fourth-order valence-corrected chi connectivity index (χ4v) is 1.94. The van der Waals surface area contributed by atoms with Gasteiger partial charge in [-0.3, -0.25) is 0 Å². The van der Waals surface area contributed by atoms with E-state index in [0.717, 1.165) is 11.1 Å². The number of benzene rings is 2. The molecule has 0 bridgehead atoms. The molecule has 0 radical (unpaired) electrons. The van der Waals surface area contributed by atoms with Crippen LogP contribution in [0.1, 0.15) is 23.3 Å². The first-order valence-electron chi connectivity index (χ1n) is 7.54. The summed E-state index contributed by atoms with van der Waals surface area (Å²) in [6.45, 7) is 0.849. The molecule has 5 N–H and O–H groups in total. The predicted molar refractivity (Wildman–Crippen MR) is 90.9 cm³/mol. The van der Waals surface area contributed by atoms with Crippen LogP contribution >= 0.6 is 0 Å². The van der Waals surface area contributed by atoms with Crippen molar-refractivity contribution in [1.82, 2.24) is 5.32 Å². The lowest BCUT2D eigenvalue weighted by Gasteiger charge is -2.15. The summed E-state index contributed by atoms with van der Waals surface area (Å²) in [6.07, 6.45) is -1.10. The molecular weight excluding hydrogens is 326 g/mol. The molecule has 2 aromatic rings. The maximum atomic E-state index is 9.96. The van der Waals surface area contributed by atoms with Crippen LogP contribution < -0.4 is 5.32 Å². The third-order valence-electron chi connectivity index (χ3n) is 3.23. The molecule has 0 spiro atoms. The van der Waals surface area contributed by atoms with Gasteiger partial charge in [-0.05, 0) is 11.1 Å². The van der Waals surface area contributed by atoms with Crippen molar-refractivity contribution in [2.24, 2.45) is 0 Å². The van der Waals surface area contributed by atoms with Gasteiger partial charge in [0.1, 0.15) is 0 Å². The van der Waals surface area contributed by atoms with Crippen molar-refractivity contribution in [3.8, 4) is 0 Å². The molecule has 2 rings (SSSR count). The van der Waals surface area contributed by atoms with E-state index in [1.54, 1.807) is 0 Å². The largest absolute Gasteiger partial charge is 0.473 e. The van der Waals surface area contributed by atoms with Gasteiger partial charge in [0.2, 0.25) is 0 Å². The fourth-order valence-electron chi connectivity index (χ4n) is 1.94. The quantitative estimate of drug-likeness (QED) is 0.497. The minimum absolute atomic E-state index is 0.425. The average molecular weight is 347 g/mol. The number of carbonyl (C=O) groups is 2. The van der Waals surface area contributed by atoms with Gasteiger partial charge in [-0.25, -0.2) is 9.59 Å². The van der Waals surface area contributed by atoms with Crippen LogP contribution in [-0.2, 0) is 9.59 Å². The standard InChI is InChI=1S/C16H19NO2.C2H2O4/c18-15(13-7-3-1-4-8-13)11-17-12-16(19)14-9-5-2-6-10-14;3-1(4)2(5)6/h1-10,15-19H,11-12H2;(H,3,4)(H,5,6). The molecule has 2 aromatic carbocycles. The molecule has 0 aliphatic carbocycles. The molecule has 2 atom stereocenters. The van der Waals surface area contributed by atoms with Crippen molar-refractivity contribution in [3.63, 3.8) is 0 Å². The van der Waals surface area contributed by atoms with Crippen LogP contribution in [0.2, 0.25) is 0 Å².